The van der Waals surface area contributed by atoms with Crippen molar-refractivity contribution in [1.29, 1.82) is 0 Å². The molecule has 1 aromatic rings. The molecule has 56 valence electrons. The van der Waals surface area contributed by atoms with Crippen molar-refractivity contribution in [3.05, 3.63) is 18.2 Å². The Balaban J connectivity index is 2.28. The smallest absolute Gasteiger partial charge is 0.102 e. The van der Waals surface area contributed by atoms with E-state index < -0.39 is 6.23 Å². The van der Waals surface area contributed by atoms with Gasteiger partial charge in [0.25, 0.3) is 0 Å². The highest BCUT2D eigenvalue weighted by Gasteiger charge is 1.97. The number of rotatable bonds is 3. The van der Waals surface area contributed by atoms with Gasteiger partial charge in [0, 0.05) is 11.9 Å². The predicted octanol–water partition coefficient (Wildman–Crippen LogP) is -0.381. The average molecular weight is 141 g/mol. The van der Waals surface area contributed by atoms with Crippen LogP contribution in [0.1, 0.15) is 12.1 Å². The molecule has 4 heteroatoms. The molecule has 0 saturated heterocycles. The number of aliphatic hydroxyl groups excluding tert-OH is 1. The minimum Gasteiger partial charge on any atom is -0.379 e. The van der Waals surface area contributed by atoms with E-state index in [0.717, 1.165) is 12.1 Å². The molecule has 0 amide bonds. The summed E-state index contributed by atoms with van der Waals surface area (Å²) < 4.78 is 0. The number of imidazole rings is 1. The van der Waals surface area contributed by atoms with Gasteiger partial charge in [-0.3, -0.25) is 0 Å². The highest BCUT2D eigenvalue weighted by molar-refractivity contribution is 4.93. The van der Waals surface area contributed by atoms with E-state index in [9.17, 15) is 0 Å². The van der Waals surface area contributed by atoms with Crippen LogP contribution in [0.2, 0.25) is 0 Å². The first-order valence-electron chi connectivity index (χ1n) is 3.20. The maximum Gasteiger partial charge on any atom is 0.102 e. The third-order valence-corrected chi connectivity index (χ3v) is 1.26. The Morgan fingerprint density at radius 1 is 1.80 bits per heavy atom. The van der Waals surface area contributed by atoms with Crippen molar-refractivity contribution >= 4 is 0 Å². The summed E-state index contributed by atoms with van der Waals surface area (Å²) in [5, 5.41) is 8.69. The number of H-pyrrole nitrogens is 1. The molecule has 10 heavy (non-hydrogen) atoms. The Hall–Kier alpha value is -0.870. The molecule has 0 radical (unpaired) electrons. The van der Waals surface area contributed by atoms with Gasteiger partial charge in [-0.25, -0.2) is 4.98 Å². The summed E-state index contributed by atoms with van der Waals surface area (Å²) >= 11 is 0. The van der Waals surface area contributed by atoms with E-state index in [0.29, 0.717) is 6.42 Å². The van der Waals surface area contributed by atoms with Crippen LogP contribution in [0.4, 0.5) is 0 Å². The van der Waals surface area contributed by atoms with Crippen molar-refractivity contribution in [2.24, 2.45) is 5.73 Å². The number of aromatic nitrogens is 2. The molecule has 4 N–H and O–H groups in total. The molecule has 1 heterocycles. The lowest BCUT2D eigenvalue weighted by Gasteiger charge is -2.00. The molecule has 4 nitrogen and oxygen atoms in total. The van der Waals surface area contributed by atoms with Crippen LogP contribution in [0, 0.1) is 0 Å². The Bertz CT molecular complexity index is 171. The third-order valence-electron chi connectivity index (χ3n) is 1.26. The topological polar surface area (TPSA) is 74.9 Å². The van der Waals surface area contributed by atoms with E-state index in [1.807, 2.05) is 0 Å². The van der Waals surface area contributed by atoms with E-state index in [1.54, 1.807) is 12.5 Å². The van der Waals surface area contributed by atoms with Crippen molar-refractivity contribution < 1.29 is 5.11 Å². The fourth-order valence-electron chi connectivity index (χ4n) is 0.725. The van der Waals surface area contributed by atoms with Gasteiger partial charge < -0.3 is 15.8 Å². The highest BCUT2D eigenvalue weighted by atomic mass is 16.3. The molecule has 1 rings (SSSR count). The van der Waals surface area contributed by atoms with Crippen LogP contribution in [0.15, 0.2) is 12.5 Å². The second-order valence-electron chi connectivity index (χ2n) is 2.18. The van der Waals surface area contributed by atoms with Gasteiger partial charge in [0.2, 0.25) is 0 Å². The number of hydrogen-bond acceptors (Lipinski definition) is 3. The minimum atomic E-state index is -0.719. The molecule has 0 fully saturated rings. The minimum absolute atomic E-state index is 0.572. The molecular formula is C6H11N3O. The lowest BCUT2D eigenvalue weighted by atomic mass is 10.2. The SMILES string of the molecule is NC(O)CCc1cnc[nH]1. The lowest BCUT2D eigenvalue weighted by molar-refractivity contribution is 0.172. The molecule has 0 aliphatic carbocycles. The fourth-order valence-corrected chi connectivity index (χ4v) is 0.725. The van der Waals surface area contributed by atoms with E-state index in [1.165, 1.54) is 0 Å². The Kier molecular flexibility index (Phi) is 2.42. The van der Waals surface area contributed by atoms with Gasteiger partial charge in [-0.1, -0.05) is 0 Å². The maximum atomic E-state index is 8.69. The lowest BCUT2D eigenvalue weighted by Crippen LogP contribution is -2.19. The molecular weight excluding hydrogens is 130 g/mol. The third kappa shape index (κ3) is 2.16. The summed E-state index contributed by atoms with van der Waals surface area (Å²) in [4.78, 5) is 6.74. The highest BCUT2D eigenvalue weighted by Crippen LogP contribution is 1.96. The van der Waals surface area contributed by atoms with Crippen molar-refractivity contribution in [3.63, 3.8) is 0 Å². The molecule has 1 atom stereocenters. The van der Waals surface area contributed by atoms with Crippen LogP contribution in [-0.4, -0.2) is 21.3 Å². The van der Waals surface area contributed by atoms with Gasteiger partial charge in [-0.2, -0.15) is 0 Å². The van der Waals surface area contributed by atoms with Crippen LogP contribution < -0.4 is 5.73 Å². The largest absolute Gasteiger partial charge is 0.379 e. The normalized spacial score (nSPS) is 13.4. The quantitative estimate of drug-likeness (QED) is 0.502. The summed E-state index contributed by atoms with van der Waals surface area (Å²) in [6.45, 7) is 0. The van der Waals surface area contributed by atoms with Crippen LogP contribution in [0.5, 0.6) is 0 Å². The summed E-state index contributed by atoms with van der Waals surface area (Å²) in [5.74, 6) is 0. The van der Waals surface area contributed by atoms with Crippen molar-refractivity contribution in [2.75, 3.05) is 0 Å². The van der Waals surface area contributed by atoms with Gasteiger partial charge in [-0.15, -0.1) is 0 Å². The maximum absolute atomic E-state index is 8.69. The second kappa shape index (κ2) is 3.34. The number of aryl methyl sites for hydroxylation is 1. The Labute approximate surface area is 59.1 Å². The van der Waals surface area contributed by atoms with Crippen LogP contribution in [0.3, 0.4) is 0 Å². The predicted molar refractivity (Wildman–Crippen MR) is 37.1 cm³/mol. The average Bonchev–Trinajstić information content (AvgIpc) is 2.34. The van der Waals surface area contributed by atoms with Crippen molar-refractivity contribution in [1.82, 2.24) is 9.97 Å². The number of nitrogens with one attached hydrogen (secondary N) is 1. The number of hydrogen-bond donors (Lipinski definition) is 3. The molecule has 0 spiro atoms. The van der Waals surface area contributed by atoms with Gasteiger partial charge in [0.1, 0.15) is 6.23 Å². The first-order chi connectivity index (χ1) is 4.79. The zero-order valence-electron chi connectivity index (χ0n) is 5.62. The molecule has 1 aromatic heterocycles. The van der Waals surface area contributed by atoms with E-state index in [4.69, 9.17) is 10.8 Å². The van der Waals surface area contributed by atoms with Gasteiger partial charge >= 0.3 is 0 Å². The number of aliphatic hydroxyl groups is 1. The van der Waals surface area contributed by atoms with Crippen molar-refractivity contribution in [3.8, 4) is 0 Å². The molecule has 0 aromatic carbocycles. The van der Waals surface area contributed by atoms with Gasteiger partial charge in [-0.05, 0) is 12.8 Å². The number of nitrogens with zero attached hydrogens (tertiary/aromatic N) is 1. The van der Waals surface area contributed by atoms with E-state index in [2.05, 4.69) is 9.97 Å². The summed E-state index contributed by atoms with van der Waals surface area (Å²) in [7, 11) is 0. The van der Waals surface area contributed by atoms with Crippen LogP contribution >= 0.6 is 0 Å². The fraction of sp³-hybridized carbons (Fsp3) is 0.500. The molecule has 1 unspecified atom stereocenters. The van der Waals surface area contributed by atoms with E-state index in [-0.39, 0.29) is 0 Å². The number of aromatic amines is 1. The molecule has 0 aliphatic heterocycles. The zero-order chi connectivity index (χ0) is 7.40. The summed E-state index contributed by atoms with van der Waals surface area (Å²) in [5.41, 5.74) is 6.13. The second-order valence-corrected chi connectivity index (χ2v) is 2.18. The van der Waals surface area contributed by atoms with Crippen molar-refractivity contribution in [2.45, 2.75) is 19.1 Å². The molecule has 0 bridgehead atoms. The van der Waals surface area contributed by atoms with E-state index >= 15 is 0 Å². The van der Waals surface area contributed by atoms with Gasteiger partial charge in [0.15, 0.2) is 0 Å². The van der Waals surface area contributed by atoms with Crippen LogP contribution in [0.25, 0.3) is 0 Å². The molecule has 0 aliphatic rings. The number of nitrogens with two attached hydrogens (primary N) is 1. The Morgan fingerprint density at radius 2 is 2.60 bits per heavy atom. The van der Waals surface area contributed by atoms with Crippen LogP contribution in [-0.2, 0) is 6.42 Å². The van der Waals surface area contributed by atoms with Gasteiger partial charge in [0.05, 0.1) is 6.33 Å². The summed E-state index contributed by atoms with van der Waals surface area (Å²) in [6, 6.07) is 0. The first-order valence-corrected chi connectivity index (χ1v) is 3.20. The first kappa shape index (κ1) is 7.24. The zero-order valence-corrected chi connectivity index (χ0v) is 5.62. The summed E-state index contributed by atoms with van der Waals surface area (Å²) in [6.07, 6.45) is 3.93. The monoisotopic (exact) mass is 141 g/mol. The standard InChI is InChI=1S/C6H11N3O/c7-6(10)2-1-5-3-8-4-9-5/h3-4,6,10H,1-2,7H2,(H,8,9). The Morgan fingerprint density at radius 3 is 3.10 bits per heavy atom. The molecule has 0 saturated carbocycles.